The van der Waals surface area contributed by atoms with Gasteiger partial charge in [-0.2, -0.15) is 0 Å². The summed E-state index contributed by atoms with van der Waals surface area (Å²) in [5, 5.41) is 14.0. The highest BCUT2D eigenvalue weighted by atomic mass is 35.5. The largest absolute Gasteiger partial charge is 0.468 e. The van der Waals surface area contributed by atoms with Crippen molar-refractivity contribution in [2.75, 3.05) is 19.5 Å². The molecule has 2 aromatic carbocycles. The van der Waals surface area contributed by atoms with Gasteiger partial charge in [0.25, 0.3) is 5.91 Å². The number of aliphatic hydroxyl groups excluding tert-OH is 1. The number of amides is 1. The quantitative estimate of drug-likeness (QED) is 0.526. The second-order valence-electron chi connectivity index (χ2n) is 7.11. The molecule has 2 atom stereocenters. The Hall–Kier alpha value is -2.68. The van der Waals surface area contributed by atoms with Crippen molar-refractivity contribution in [2.24, 2.45) is 7.05 Å². The van der Waals surface area contributed by atoms with Crippen LogP contribution < -0.4 is 5.32 Å². The molecular weight excluding hydrogens is 440 g/mol. The Balaban J connectivity index is 1.80. The van der Waals surface area contributed by atoms with Crippen LogP contribution in [-0.4, -0.2) is 45.2 Å². The summed E-state index contributed by atoms with van der Waals surface area (Å²) in [6.07, 6.45) is 0. The fraction of sp³-hybridized carbons (Fsp3) is 0.273. The van der Waals surface area contributed by atoms with Crippen molar-refractivity contribution in [3.8, 4) is 0 Å². The number of hydrogen-bond acceptors (Lipinski definition) is 5. The van der Waals surface area contributed by atoms with Crippen molar-refractivity contribution in [1.82, 2.24) is 9.88 Å². The van der Waals surface area contributed by atoms with Crippen LogP contribution in [0.4, 0.5) is 0 Å². The summed E-state index contributed by atoms with van der Waals surface area (Å²) in [5.41, 5.74) is 2.88. The average molecular weight is 463 g/mol. The number of aryl methyl sites for hydroxylation is 2. The summed E-state index contributed by atoms with van der Waals surface area (Å²) in [5.74, 6) is -1.16. The van der Waals surface area contributed by atoms with Gasteiger partial charge in [0.15, 0.2) is 0 Å². The van der Waals surface area contributed by atoms with Crippen LogP contribution in [0, 0.1) is 6.92 Å². The molecule has 0 aliphatic carbocycles. The van der Waals surface area contributed by atoms with E-state index in [9.17, 15) is 18.9 Å². The van der Waals surface area contributed by atoms with E-state index in [4.69, 9.17) is 11.6 Å². The fourth-order valence-corrected chi connectivity index (χ4v) is 4.57. The van der Waals surface area contributed by atoms with Gasteiger partial charge >= 0.3 is 5.97 Å². The second kappa shape index (κ2) is 9.64. The SMILES string of the molecule is COC(=O)C[S@](=O)c1ccc(C(CO)NC(=O)c2cc3c(Cl)cc(C)cc3n2C)cc1. The van der Waals surface area contributed by atoms with Crippen molar-refractivity contribution >= 4 is 45.2 Å². The Morgan fingerprint density at radius 2 is 1.90 bits per heavy atom. The minimum absolute atomic E-state index is 0.237. The van der Waals surface area contributed by atoms with E-state index in [1.165, 1.54) is 7.11 Å². The molecule has 7 nitrogen and oxygen atoms in total. The molecule has 1 amide bonds. The van der Waals surface area contributed by atoms with Gasteiger partial charge in [-0.25, -0.2) is 0 Å². The third kappa shape index (κ3) is 4.98. The fourth-order valence-electron chi connectivity index (χ4n) is 3.30. The molecule has 9 heteroatoms. The predicted octanol–water partition coefficient (Wildman–Crippen LogP) is 2.88. The van der Waals surface area contributed by atoms with Crippen molar-refractivity contribution in [1.29, 1.82) is 0 Å². The van der Waals surface area contributed by atoms with Crippen LogP contribution in [0.3, 0.4) is 0 Å². The third-order valence-electron chi connectivity index (χ3n) is 5.00. The van der Waals surface area contributed by atoms with Crippen LogP contribution in [0.5, 0.6) is 0 Å². The average Bonchev–Trinajstić information content (AvgIpc) is 3.08. The number of nitrogens with one attached hydrogen (secondary N) is 1. The lowest BCUT2D eigenvalue weighted by molar-refractivity contribution is -0.137. The number of fused-ring (bicyclic) bond motifs is 1. The van der Waals surface area contributed by atoms with Gasteiger partial charge in [-0.3, -0.25) is 13.8 Å². The molecule has 0 fully saturated rings. The Morgan fingerprint density at radius 3 is 2.52 bits per heavy atom. The van der Waals surface area contributed by atoms with Gasteiger partial charge in [-0.1, -0.05) is 23.7 Å². The summed E-state index contributed by atoms with van der Waals surface area (Å²) in [4.78, 5) is 24.7. The first-order valence-corrected chi connectivity index (χ1v) is 11.2. The van der Waals surface area contributed by atoms with E-state index in [1.807, 2.05) is 19.1 Å². The summed E-state index contributed by atoms with van der Waals surface area (Å²) in [7, 11) is 1.49. The van der Waals surface area contributed by atoms with Gasteiger partial charge in [0.05, 0.1) is 41.1 Å². The first-order valence-electron chi connectivity index (χ1n) is 9.47. The Labute approximate surface area is 187 Å². The summed E-state index contributed by atoms with van der Waals surface area (Å²) < 4.78 is 18.5. The number of ether oxygens (including phenoxy) is 1. The third-order valence-corrected chi connectivity index (χ3v) is 6.61. The van der Waals surface area contributed by atoms with Crippen LogP contribution in [0.15, 0.2) is 47.4 Å². The lowest BCUT2D eigenvalue weighted by atomic mass is 10.1. The van der Waals surface area contributed by atoms with E-state index in [-0.39, 0.29) is 18.3 Å². The van der Waals surface area contributed by atoms with E-state index in [0.717, 1.165) is 16.5 Å². The number of esters is 1. The zero-order chi connectivity index (χ0) is 22.7. The van der Waals surface area contributed by atoms with E-state index >= 15 is 0 Å². The first-order chi connectivity index (χ1) is 14.7. The molecule has 3 aromatic rings. The molecule has 1 aromatic heterocycles. The Kier molecular flexibility index (Phi) is 7.15. The number of aromatic nitrogens is 1. The number of hydrogen-bond donors (Lipinski definition) is 2. The highest BCUT2D eigenvalue weighted by molar-refractivity contribution is 7.85. The number of nitrogens with zero attached hydrogens (tertiary/aromatic N) is 1. The molecule has 31 heavy (non-hydrogen) atoms. The van der Waals surface area contributed by atoms with E-state index in [1.54, 1.807) is 41.9 Å². The van der Waals surface area contributed by atoms with Crippen LogP contribution >= 0.6 is 11.6 Å². The van der Waals surface area contributed by atoms with Crippen molar-refractivity contribution in [2.45, 2.75) is 17.9 Å². The number of benzene rings is 2. The molecule has 1 unspecified atom stereocenters. The Bertz CT molecular complexity index is 1160. The molecule has 0 radical (unpaired) electrons. The van der Waals surface area contributed by atoms with E-state index in [2.05, 4.69) is 10.1 Å². The minimum Gasteiger partial charge on any atom is -0.468 e. The van der Waals surface area contributed by atoms with Gasteiger partial charge in [0.2, 0.25) is 0 Å². The normalized spacial score (nSPS) is 13.1. The zero-order valence-corrected chi connectivity index (χ0v) is 18.9. The van der Waals surface area contributed by atoms with Gasteiger partial charge in [0, 0.05) is 17.3 Å². The number of aliphatic hydroxyl groups is 1. The number of halogens is 1. The number of rotatable bonds is 7. The molecule has 0 spiro atoms. The molecule has 0 bridgehead atoms. The van der Waals surface area contributed by atoms with E-state index in [0.29, 0.717) is 21.2 Å². The number of carbonyl (C=O) groups is 2. The molecule has 164 valence electrons. The maximum atomic E-state index is 12.9. The minimum atomic E-state index is -1.53. The molecule has 1 heterocycles. The molecule has 0 aliphatic heterocycles. The Morgan fingerprint density at radius 1 is 1.23 bits per heavy atom. The molecule has 0 saturated heterocycles. The lowest BCUT2D eigenvalue weighted by Gasteiger charge is -2.17. The molecule has 0 saturated carbocycles. The maximum absolute atomic E-state index is 12.9. The molecule has 2 N–H and O–H groups in total. The molecular formula is C22H23ClN2O5S. The van der Waals surface area contributed by atoms with Crippen LogP contribution in [-0.2, 0) is 27.4 Å². The lowest BCUT2D eigenvalue weighted by Crippen LogP contribution is -2.32. The first kappa shape index (κ1) is 23.0. The highest BCUT2D eigenvalue weighted by Crippen LogP contribution is 2.28. The molecule has 3 rings (SSSR count). The van der Waals surface area contributed by atoms with Crippen molar-refractivity contribution in [3.63, 3.8) is 0 Å². The van der Waals surface area contributed by atoms with Gasteiger partial charge in [-0.15, -0.1) is 0 Å². The van der Waals surface area contributed by atoms with Gasteiger partial charge in [-0.05, 0) is 48.4 Å². The van der Waals surface area contributed by atoms with Crippen molar-refractivity contribution in [3.05, 3.63) is 64.3 Å². The van der Waals surface area contributed by atoms with Crippen LogP contribution in [0.2, 0.25) is 5.02 Å². The topological polar surface area (TPSA) is 97.6 Å². The van der Waals surface area contributed by atoms with Crippen LogP contribution in [0.1, 0.15) is 27.7 Å². The zero-order valence-electron chi connectivity index (χ0n) is 17.3. The van der Waals surface area contributed by atoms with Gasteiger partial charge < -0.3 is 19.7 Å². The number of methoxy groups -OCH3 is 1. The van der Waals surface area contributed by atoms with Gasteiger partial charge in [0.1, 0.15) is 11.4 Å². The maximum Gasteiger partial charge on any atom is 0.318 e. The van der Waals surface area contributed by atoms with Crippen molar-refractivity contribution < 1.29 is 23.6 Å². The van der Waals surface area contributed by atoms with E-state index < -0.39 is 22.8 Å². The standard InChI is InChI=1S/C22H23ClN2O5S/c1-13-8-17(23)16-10-20(25(2)19(16)9-13)22(28)24-18(11-26)14-4-6-15(7-5-14)31(29)12-21(27)30-3/h4-10,18,26H,11-12H2,1-3H3,(H,24,28)/t18?,31-/m0/s1. The number of carbonyl (C=O) groups excluding carboxylic acids is 2. The second-order valence-corrected chi connectivity index (χ2v) is 8.97. The summed E-state index contributed by atoms with van der Waals surface area (Å²) in [6, 6.07) is 11.4. The monoisotopic (exact) mass is 462 g/mol. The van der Waals surface area contributed by atoms with Crippen LogP contribution in [0.25, 0.3) is 10.9 Å². The summed E-state index contributed by atoms with van der Waals surface area (Å²) in [6.45, 7) is 1.61. The summed E-state index contributed by atoms with van der Waals surface area (Å²) >= 11 is 6.32. The highest BCUT2D eigenvalue weighted by Gasteiger charge is 2.20. The predicted molar refractivity (Wildman–Crippen MR) is 120 cm³/mol. The molecule has 0 aliphatic rings. The smallest absolute Gasteiger partial charge is 0.318 e.